The van der Waals surface area contributed by atoms with Crippen LogP contribution in [0.1, 0.15) is 46.0 Å². The molecule has 1 heterocycles. The second kappa shape index (κ2) is 3.44. The summed E-state index contributed by atoms with van der Waals surface area (Å²) in [5.41, 5.74) is 0.514. The van der Waals surface area contributed by atoms with Gasteiger partial charge in [0.2, 0.25) is 0 Å². The third-order valence-corrected chi connectivity index (χ3v) is 4.23. The Hall–Kier alpha value is -0.120. The molecule has 2 aliphatic carbocycles. The van der Waals surface area contributed by atoms with Gasteiger partial charge in [0.25, 0.3) is 0 Å². The summed E-state index contributed by atoms with van der Waals surface area (Å²) in [7, 11) is 0. The van der Waals surface area contributed by atoms with E-state index >= 15 is 0 Å². The van der Waals surface area contributed by atoms with E-state index in [-0.39, 0.29) is 0 Å². The molecule has 0 bridgehead atoms. The Morgan fingerprint density at radius 3 is 2.13 bits per heavy atom. The molecule has 3 fully saturated rings. The molecule has 3 rings (SSSR count). The van der Waals surface area contributed by atoms with E-state index in [1.54, 1.807) is 5.23 Å². The van der Waals surface area contributed by atoms with Gasteiger partial charge in [-0.15, -0.1) is 0 Å². The smallest absolute Gasteiger partial charge is 0.110 e. The van der Waals surface area contributed by atoms with E-state index in [9.17, 15) is 0 Å². The lowest BCUT2D eigenvalue weighted by molar-refractivity contribution is -0.316. The zero-order valence-corrected chi connectivity index (χ0v) is 9.74. The Morgan fingerprint density at radius 2 is 1.67 bits per heavy atom. The van der Waals surface area contributed by atoms with Crippen LogP contribution in [0.15, 0.2) is 0 Å². The molecule has 0 radical (unpaired) electrons. The maximum atomic E-state index is 5.82. The molecular formula is C12H21NO2. The fourth-order valence-electron chi connectivity index (χ4n) is 2.78. The van der Waals surface area contributed by atoms with Gasteiger partial charge in [-0.25, -0.2) is 0 Å². The van der Waals surface area contributed by atoms with Crippen LogP contribution in [0.2, 0.25) is 0 Å². The van der Waals surface area contributed by atoms with Crippen molar-refractivity contribution in [3.8, 4) is 0 Å². The van der Waals surface area contributed by atoms with Crippen molar-refractivity contribution >= 4 is 0 Å². The van der Waals surface area contributed by atoms with E-state index in [1.165, 1.54) is 32.1 Å². The molecular weight excluding hydrogens is 190 g/mol. The van der Waals surface area contributed by atoms with Gasteiger partial charge in [0, 0.05) is 0 Å². The summed E-state index contributed by atoms with van der Waals surface area (Å²) in [6.45, 7) is 5.60. The van der Waals surface area contributed by atoms with Gasteiger partial charge in [0.15, 0.2) is 0 Å². The lowest BCUT2D eigenvalue weighted by Crippen LogP contribution is -2.25. The first kappa shape index (κ1) is 10.1. The standard InChI is InChI=1S/C12H21NO2/c1-12(2)7-9(12)8-13-14-10-5-3-4-6-11(10)15-13/h9-11H,3-8H2,1-2H3. The highest BCUT2D eigenvalue weighted by molar-refractivity contribution is 4.95. The monoisotopic (exact) mass is 211 g/mol. The molecule has 15 heavy (non-hydrogen) atoms. The molecule has 0 spiro atoms. The number of fused-ring (bicyclic) bond motifs is 1. The Balaban J connectivity index is 1.53. The molecule has 0 aromatic rings. The average molecular weight is 211 g/mol. The first-order valence-corrected chi connectivity index (χ1v) is 6.26. The van der Waals surface area contributed by atoms with Gasteiger partial charge in [0.1, 0.15) is 12.2 Å². The van der Waals surface area contributed by atoms with Crippen molar-refractivity contribution in [1.82, 2.24) is 5.23 Å². The second-order valence-electron chi connectivity index (χ2n) is 5.98. The van der Waals surface area contributed by atoms with E-state index in [0.717, 1.165) is 12.5 Å². The summed E-state index contributed by atoms with van der Waals surface area (Å²) >= 11 is 0. The van der Waals surface area contributed by atoms with Gasteiger partial charge in [-0.2, -0.15) is 0 Å². The Labute approximate surface area is 91.6 Å². The van der Waals surface area contributed by atoms with Crippen molar-refractivity contribution < 1.29 is 9.68 Å². The fourth-order valence-corrected chi connectivity index (χ4v) is 2.78. The number of nitrogens with zero attached hydrogens (tertiary/aromatic N) is 1. The Bertz CT molecular complexity index is 240. The Morgan fingerprint density at radius 1 is 1.13 bits per heavy atom. The molecule has 0 amide bonds. The predicted molar refractivity (Wildman–Crippen MR) is 56.8 cm³/mol. The van der Waals surface area contributed by atoms with E-state index in [0.29, 0.717) is 17.6 Å². The summed E-state index contributed by atoms with van der Waals surface area (Å²) in [6.07, 6.45) is 6.96. The topological polar surface area (TPSA) is 21.7 Å². The van der Waals surface area contributed by atoms with Gasteiger partial charge in [-0.3, -0.25) is 9.68 Å². The summed E-state index contributed by atoms with van der Waals surface area (Å²) in [5, 5.41) is 1.78. The average Bonchev–Trinajstić information content (AvgIpc) is 2.61. The molecule has 0 N–H and O–H groups in total. The van der Waals surface area contributed by atoms with Crippen molar-refractivity contribution in [1.29, 1.82) is 0 Å². The molecule has 3 nitrogen and oxygen atoms in total. The van der Waals surface area contributed by atoms with E-state index in [2.05, 4.69) is 13.8 Å². The fraction of sp³-hybridized carbons (Fsp3) is 1.00. The number of hydrogen-bond acceptors (Lipinski definition) is 3. The first-order chi connectivity index (χ1) is 7.15. The molecule has 3 heteroatoms. The molecule has 3 unspecified atom stereocenters. The first-order valence-electron chi connectivity index (χ1n) is 6.26. The van der Waals surface area contributed by atoms with Crippen molar-refractivity contribution in [2.45, 2.75) is 58.2 Å². The van der Waals surface area contributed by atoms with Crippen LogP contribution >= 0.6 is 0 Å². The minimum absolute atomic E-state index is 0.348. The Kier molecular flexibility index (Phi) is 2.31. The van der Waals surface area contributed by atoms with Crippen LogP contribution in [0.25, 0.3) is 0 Å². The normalized spacial score (nSPS) is 44.0. The third kappa shape index (κ3) is 1.93. The number of hydroxylamine groups is 2. The minimum atomic E-state index is 0.348. The van der Waals surface area contributed by atoms with Gasteiger partial charge in [-0.1, -0.05) is 31.9 Å². The van der Waals surface area contributed by atoms with Gasteiger partial charge in [-0.05, 0) is 30.6 Å². The van der Waals surface area contributed by atoms with Crippen LogP contribution in [-0.2, 0) is 9.68 Å². The second-order valence-corrected chi connectivity index (χ2v) is 5.98. The molecule has 3 atom stereocenters. The molecule has 0 aromatic carbocycles. The molecule has 86 valence electrons. The lowest BCUT2D eigenvalue weighted by Gasteiger charge is -2.19. The predicted octanol–water partition coefficient (Wildman–Crippen LogP) is 2.52. The highest BCUT2D eigenvalue weighted by Crippen LogP contribution is 2.52. The highest BCUT2D eigenvalue weighted by atomic mass is 17.0. The van der Waals surface area contributed by atoms with Crippen LogP contribution in [0, 0.1) is 11.3 Å². The van der Waals surface area contributed by atoms with E-state index in [4.69, 9.17) is 9.68 Å². The SMILES string of the molecule is CC1(C)CC1CN1OC2CCCCC2O1. The van der Waals surface area contributed by atoms with Gasteiger partial charge in [0.05, 0.1) is 6.54 Å². The number of rotatable bonds is 2. The zero-order chi connectivity index (χ0) is 10.5. The molecule has 3 aliphatic rings. The summed E-state index contributed by atoms with van der Waals surface area (Å²) in [5.74, 6) is 0.762. The van der Waals surface area contributed by atoms with Crippen LogP contribution in [-0.4, -0.2) is 24.0 Å². The van der Waals surface area contributed by atoms with Crippen molar-refractivity contribution in [3.05, 3.63) is 0 Å². The summed E-state index contributed by atoms with van der Waals surface area (Å²) < 4.78 is 0. The largest absolute Gasteiger partial charge is 0.268 e. The summed E-state index contributed by atoms with van der Waals surface area (Å²) in [6, 6.07) is 0. The molecule has 2 saturated carbocycles. The van der Waals surface area contributed by atoms with Crippen molar-refractivity contribution in [3.63, 3.8) is 0 Å². The van der Waals surface area contributed by atoms with Gasteiger partial charge < -0.3 is 0 Å². The van der Waals surface area contributed by atoms with Crippen molar-refractivity contribution in [2.24, 2.45) is 11.3 Å². The van der Waals surface area contributed by atoms with Crippen LogP contribution in [0.4, 0.5) is 0 Å². The van der Waals surface area contributed by atoms with Crippen LogP contribution in [0.3, 0.4) is 0 Å². The van der Waals surface area contributed by atoms with Crippen LogP contribution in [0.5, 0.6) is 0 Å². The zero-order valence-electron chi connectivity index (χ0n) is 9.74. The summed E-state index contributed by atoms with van der Waals surface area (Å²) in [4.78, 5) is 11.6. The third-order valence-electron chi connectivity index (χ3n) is 4.23. The van der Waals surface area contributed by atoms with Crippen molar-refractivity contribution in [2.75, 3.05) is 6.54 Å². The van der Waals surface area contributed by atoms with E-state index in [1.807, 2.05) is 0 Å². The molecule has 0 aromatic heterocycles. The molecule has 1 aliphatic heterocycles. The number of hydrogen-bond donors (Lipinski definition) is 0. The quantitative estimate of drug-likeness (QED) is 0.700. The van der Waals surface area contributed by atoms with Gasteiger partial charge >= 0.3 is 0 Å². The maximum Gasteiger partial charge on any atom is 0.110 e. The minimum Gasteiger partial charge on any atom is -0.268 e. The maximum absolute atomic E-state index is 5.82. The van der Waals surface area contributed by atoms with E-state index < -0.39 is 0 Å². The lowest BCUT2D eigenvalue weighted by atomic mass is 9.95. The molecule has 1 saturated heterocycles. The highest BCUT2D eigenvalue weighted by Gasteiger charge is 2.48. The van der Waals surface area contributed by atoms with Crippen LogP contribution < -0.4 is 0 Å².